The molecule has 0 saturated carbocycles. The van der Waals surface area contributed by atoms with Crippen molar-refractivity contribution in [1.29, 1.82) is 0 Å². The van der Waals surface area contributed by atoms with Gasteiger partial charge in [-0.15, -0.1) is 0 Å². The minimum absolute atomic E-state index is 0.0179. The van der Waals surface area contributed by atoms with E-state index in [1.807, 2.05) is 12.1 Å². The lowest BCUT2D eigenvalue weighted by atomic mass is 10.1. The molecule has 1 unspecified atom stereocenters. The van der Waals surface area contributed by atoms with Gasteiger partial charge in [-0.05, 0) is 35.4 Å². The summed E-state index contributed by atoms with van der Waals surface area (Å²) >= 11 is 12.0. The number of hydrogen-bond donors (Lipinski definition) is 2. The monoisotopic (exact) mass is 471 g/mol. The van der Waals surface area contributed by atoms with Gasteiger partial charge in [0.2, 0.25) is 15.9 Å². The number of primary sulfonamides is 1. The first-order chi connectivity index (χ1) is 14.2. The topological polar surface area (TPSA) is 102 Å². The van der Waals surface area contributed by atoms with Crippen molar-refractivity contribution in [2.75, 3.05) is 26.2 Å². The van der Waals surface area contributed by atoms with Crippen LogP contribution in [-0.2, 0) is 32.5 Å². The van der Waals surface area contributed by atoms with Crippen LogP contribution in [0.3, 0.4) is 0 Å². The van der Waals surface area contributed by atoms with Crippen molar-refractivity contribution in [2.45, 2.75) is 24.0 Å². The average Bonchev–Trinajstić information content (AvgIpc) is 2.69. The van der Waals surface area contributed by atoms with Crippen LogP contribution in [-0.4, -0.2) is 51.6 Å². The number of benzene rings is 2. The van der Waals surface area contributed by atoms with Gasteiger partial charge in [0.15, 0.2) is 0 Å². The molecule has 1 amide bonds. The minimum Gasteiger partial charge on any atom is -0.374 e. The van der Waals surface area contributed by atoms with Crippen LogP contribution in [0.15, 0.2) is 47.4 Å². The molecule has 3 rings (SSSR count). The Morgan fingerprint density at radius 3 is 2.50 bits per heavy atom. The molecule has 162 valence electrons. The van der Waals surface area contributed by atoms with Crippen LogP contribution in [0, 0.1) is 0 Å². The highest BCUT2D eigenvalue weighted by atomic mass is 35.5. The molecule has 1 atom stereocenters. The standard InChI is InChI=1S/C20H23Cl2N3O4S/c21-18-6-3-15(9-19(18)22)12-25-7-8-29-16(13-25)11-24-20(26)10-14-1-4-17(5-2-14)30(23,27)28/h1-6,9,16H,7-8,10-13H2,(H,24,26)(H2,23,27,28). The highest BCUT2D eigenvalue weighted by Gasteiger charge is 2.21. The molecule has 1 aliphatic rings. The number of halogens is 2. The Kier molecular flexibility index (Phi) is 7.73. The molecule has 3 N–H and O–H groups in total. The Balaban J connectivity index is 1.46. The number of nitrogens with zero attached hydrogens (tertiary/aromatic N) is 1. The molecule has 0 aliphatic carbocycles. The second-order valence-electron chi connectivity index (χ2n) is 7.15. The Labute approximate surface area is 186 Å². The van der Waals surface area contributed by atoms with Crippen LogP contribution in [0.1, 0.15) is 11.1 Å². The highest BCUT2D eigenvalue weighted by molar-refractivity contribution is 7.89. The molecule has 1 saturated heterocycles. The number of rotatable bonds is 7. The number of amides is 1. The predicted molar refractivity (Wildman–Crippen MR) is 116 cm³/mol. The molecule has 30 heavy (non-hydrogen) atoms. The Hall–Kier alpha value is -1.68. The second-order valence-corrected chi connectivity index (χ2v) is 9.52. The maximum absolute atomic E-state index is 12.2. The van der Waals surface area contributed by atoms with Gasteiger partial charge < -0.3 is 10.1 Å². The summed E-state index contributed by atoms with van der Waals surface area (Å²) in [7, 11) is -3.74. The van der Waals surface area contributed by atoms with E-state index in [1.165, 1.54) is 12.1 Å². The van der Waals surface area contributed by atoms with Gasteiger partial charge >= 0.3 is 0 Å². The second kappa shape index (κ2) is 10.1. The summed E-state index contributed by atoms with van der Waals surface area (Å²) < 4.78 is 28.3. The third-order valence-electron chi connectivity index (χ3n) is 4.76. The highest BCUT2D eigenvalue weighted by Crippen LogP contribution is 2.23. The first-order valence-electron chi connectivity index (χ1n) is 9.37. The number of hydrogen-bond acceptors (Lipinski definition) is 5. The normalized spacial score (nSPS) is 17.6. The van der Waals surface area contributed by atoms with Gasteiger partial charge in [0.1, 0.15) is 0 Å². The fourth-order valence-electron chi connectivity index (χ4n) is 3.22. The van der Waals surface area contributed by atoms with Gasteiger partial charge in [-0.2, -0.15) is 0 Å². The zero-order valence-electron chi connectivity index (χ0n) is 16.2. The van der Waals surface area contributed by atoms with Gasteiger partial charge in [0, 0.05) is 26.2 Å². The fraction of sp³-hybridized carbons (Fsp3) is 0.350. The molecule has 0 spiro atoms. The largest absolute Gasteiger partial charge is 0.374 e. The molecule has 1 fully saturated rings. The van der Waals surface area contributed by atoms with Crippen LogP contribution in [0.5, 0.6) is 0 Å². The van der Waals surface area contributed by atoms with Crippen molar-refractivity contribution in [1.82, 2.24) is 10.2 Å². The van der Waals surface area contributed by atoms with Crippen molar-refractivity contribution >= 4 is 39.1 Å². The summed E-state index contributed by atoms with van der Waals surface area (Å²) in [5.41, 5.74) is 1.77. The molecular weight excluding hydrogens is 449 g/mol. The first-order valence-corrected chi connectivity index (χ1v) is 11.7. The number of nitrogens with two attached hydrogens (primary N) is 1. The van der Waals surface area contributed by atoms with E-state index in [1.54, 1.807) is 18.2 Å². The molecule has 2 aromatic carbocycles. The van der Waals surface area contributed by atoms with E-state index in [9.17, 15) is 13.2 Å². The molecule has 10 heteroatoms. The molecular formula is C20H23Cl2N3O4S. The zero-order chi connectivity index (χ0) is 21.7. The van der Waals surface area contributed by atoms with E-state index in [0.29, 0.717) is 35.3 Å². The van der Waals surface area contributed by atoms with Crippen molar-refractivity contribution in [3.63, 3.8) is 0 Å². The van der Waals surface area contributed by atoms with Crippen molar-refractivity contribution in [2.24, 2.45) is 5.14 Å². The minimum atomic E-state index is -3.74. The quantitative estimate of drug-likeness (QED) is 0.644. The molecule has 1 heterocycles. The van der Waals surface area contributed by atoms with Crippen LogP contribution in [0.4, 0.5) is 0 Å². The molecule has 0 bridgehead atoms. The zero-order valence-corrected chi connectivity index (χ0v) is 18.5. The summed E-state index contributed by atoms with van der Waals surface area (Å²) in [6, 6.07) is 11.5. The maximum Gasteiger partial charge on any atom is 0.238 e. The van der Waals surface area contributed by atoms with Gasteiger partial charge in [0.05, 0.1) is 34.1 Å². The molecule has 2 aromatic rings. The lowest BCUT2D eigenvalue weighted by molar-refractivity contribution is -0.121. The van der Waals surface area contributed by atoms with Gasteiger partial charge in [-0.25, -0.2) is 13.6 Å². The van der Waals surface area contributed by atoms with Crippen LogP contribution in [0.25, 0.3) is 0 Å². The predicted octanol–water partition coefficient (Wildman–Crippen LogP) is 2.20. The van der Waals surface area contributed by atoms with Crippen molar-refractivity contribution < 1.29 is 17.9 Å². The van der Waals surface area contributed by atoms with Crippen molar-refractivity contribution in [3.8, 4) is 0 Å². The van der Waals surface area contributed by atoms with Gasteiger partial charge in [-0.1, -0.05) is 41.4 Å². The smallest absolute Gasteiger partial charge is 0.238 e. The Bertz CT molecular complexity index is 1000. The first kappa shape index (κ1) is 23.0. The van der Waals surface area contributed by atoms with Gasteiger partial charge in [0.25, 0.3) is 0 Å². The lowest BCUT2D eigenvalue weighted by Gasteiger charge is -2.33. The number of nitrogens with one attached hydrogen (secondary N) is 1. The summed E-state index contributed by atoms with van der Waals surface area (Å²) in [5, 5.41) is 9.01. The van der Waals surface area contributed by atoms with E-state index >= 15 is 0 Å². The summed E-state index contributed by atoms with van der Waals surface area (Å²) in [6.07, 6.45) is 0.0279. The Morgan fingerprint density at radius 2 is 1.83 bits per heavy atom. The van der Waals surface area contributed by atoms with Gasteiger partial charge in [-0.3, -0.25) is 9.69 Å². The third kappa shape index (κ3) is 6.66. The van der Waals surface area contributed by atoms with Crippen LogP contribution < -0.4 is 10.5 Å². The molecule has 0 aromatic heterocycles. The van der Waals surface area contributed by atoms with Crippen LogP contribution >= 0.6 is 23.2 Å². The van der Waals surface area contributed by atoms with Crippen LogP contribution in [0.2, 0.25) is 10.0 Å². The average molecular weight is 472 g/mol. The van der Waals surface area contributed by atoms with E-state index in [4.69, 9.17) is 33.1 Å². The van der Waals surface area contributed by atoms with Crippen molar-refractivity contribution in [3.05, 3.63) is 63.6 Å². The molecule has 0 radical (unpaired) electrons. The maximum atomic E-state index is 12.2. The molecule has 1 aliphatic heterocycles. The van der Waals surface area contributed by atoms with E-state index in [0.717, 1.165) is 18.7 Å². The summed E-state index contributed by atoms with van der Waals surface area (Å²) in [4.78, 5) is 14.5. The number of ether oxygens (including phenoxy) is 1. The number of sulfonamides is 1. The van der Waals surface area contributed by atoms with E-state index < -0.39 is 10.0 Å². The lowest BCUT2D eigenvalue weighted by Crippen LogP contribution is -2.47. The summed E-state index contributed by atoms with van der Waals surface area (Å²) in [5.74, 6) is -0.163. The van der Waals surface area contributed by atoms with E-state index in [-0.39, 0.29) is 23.3 Å². The summed E-state index contributed by atoms with van der Waals surface area (Å²) in [6.45, 7) is 3.18. The van der Waals surface area contributed by atoms with E-state index in [2.05, 4.69) is 10.2 Å². The Morgan fingerprint density at radius 1 is 1.13 bits per heavy atom. The fourth-order valence-corrected chi connectivity index (χ4v) is 4.05. The molecule has 7 nitrogen and oxygen atoms in total. The number of morpholine rings is 1. The number of carbonyl (C=O) groups excluding carboxylic acids is 1. The SMILES string of the molecule is NS(=O)(=O)c1ccc(CC(=O)NCC2CN(Cc3ccc(Cl)c(Cl)c3)CCO2)cc1. The number of carbonyl (C=O) groups is 1. The third-order valence-corrected chi connectivity index (χ3v) is 6.42.